The van der Waals surface area contributed by atoms with Crippen LogP contribution >= 0.6 is 11.8 Å². The summed E-state index contributed by atoms with van der Waals surface area (Å²) < 4.78 is 8.80. The first-order valence-corrected chi connectivity index (χ1v) is 8.12. The van der Waals surface area contributed by atoms with Crippen LogP contribution in [0.5, 0.6) is 0 Å². The molecule has 0 spiro atoms. The van der Waals surface area contributed by atoms with Gasteiger partial charge in [-0.1, -0.05) is 6.42 Å². The van der Waals surface area contributed by atoms with Crippen molar-refractivity contribution in [3.05, 3.63) is 0 Å². The second-order valence-corrected chi connectivity index (χ2v) is 5.48. The Hall–Kier alpha value is -1.36. The quantitative estimate of drug-likeness (QED) is 0.280. The van der Waals surface area contributed by atoms with E-state index in [9.17, 15) is 14.4 Å². The molecule has 10 heteroatoms. The Labute approximate surface area is 140 Å². The summed E-state index contributed by atoms with van der Waals surface area (Å²) in [5.74, 6) is -1.19. The van der Waals surface area contributed by atoms with Gasteiger partial charge in [-0.25, -0.2) is 0 Å². The van der Waals surface area contributed by atoms with Crippen LogP contribution < -0.4 is 17.2 Å². The van der Waals surface area contributed by atoms with E-state index in [-0.39, 0.29) is 11.7 Å². The van der Waals surface area contributed by atoms with Crippen LogP contribution in [0.25, 0.3) is 0 Å². The number of nitrogens with two attached hydrogens (primary N) is 3. The summed E-state index contributed by atoms with van der Waals surface area (Å²) in [7, 11) is 2.58. The normalized spacial score (nSPS) is 12.4. The SMILES string of the molecule is COC(=O)CSC[C@H](N)C(=O)OC.NCCCC[C@H](N)C(=O)O. The highest BCUT2D eigenvalue weighted by Gasteiger charge is 2.14. The number of carbonyl (C=O) groups excluding carboxylic acids is 2. The van der Waals surface area contributed by atoms with Crippen LogP contribution in [0.2, 0.25) is 0 Å². The Morgan fingerprint density at radius 2 is 1.70 bits per heavy atom. The molecule has 0 aromatic carbocycles. The van der Waals surface area contributed by atoms with E-state index in [1.807, 2.05) is 0 Å². The predicted molar refractivity (Wildman–Crippen MR) is 87.8 cm³/mol. The number of methoxy groups -OCH3 is 2. The third-order valence-corrected chi connectivity index (χ3v) is 3.57. The molecule has 0 unspecified atom stereocenters. The lowest BCUT2D eigenvalue weighted by Crippen LogP contribution is -2.34. The van der Waals surface area contributed by atoms with Crippen molar-refractivity contribution in [1.82, 2.24) is 0 Å². The Morgan fingerprint density at radius 1 is 1.09 bits per heavy atom. The van der Waals surface area contributed by atoms with Crippen molar-refractivity contribution in [3.8, 4) is 0 Å². The van der Waals surface area contributed by atoms with E-state index in [0.717, 1.165) is 12.8 Å². The van der Waals surface area contributed by atoms with Crippen LogP contribution in [0.4, 0.5) is 0 Å². The molecule has 2 atom stereocenters. The topological polar surface area (TPSA) is 168 Å². The maximum absolute atomic E-state index is 10.8. The summed E-state index contributed by atoms with van der Waals surface area (Å²) in [6.45, 7) is 0.604. The van der Waals surface area contributed by atoms with Gasteiger partial charge in [0.05, 0.1) is 20.0 Å². The number of esters is 2. The standard InChI is InChI=1S/C7H13NO4S.C6H14N2O2/c1-11-6(9)4-13-3-5(8)7(10)12-2;7-4-2-1-3-5(8)6(9)10/h5H,3-4,8H2,1-2H3;5H,1-4,7-8H2,(H,9,10)/t2*5-/m00/s1. The number of hydrogen-bond acceptors (Lipinski definition) is 9. The van der Waals surface area contributed by atoms with Crippen LogP contribution in [0.1, 0.15) is 19.3 Å². The predicted octanol–water partition coefficient (Wildman–Crippen LogP) is -1.08. The van der Waals surface area contributed by atoms with Gasteiger partial charge in [0.25, 0.3) is 0 Å². The van der Waals surface area contributed by atoms with Crippen molar-refractivity contribution in [2.75, 3.05) is 32.3 Å². The Morgan fingerprint density at radius 3 is 2.13 bits per heavy atom. The minimum absolute atomic E-state index is 0.196. The average molecular weight is 353 g/mol. The molecule has 0 aromatic rings. The lowest BCUT2D eigenvalue weighted by Gasteiger charge is -2.07. The maximum Gasteiger partial charge on any atom is 0.323 e. The number of carboxylic acid groups (broad SMARTS) is 1. The number of aliphatic carboxylic acids is 1. The van der Waals surface area contributed by atoms with Crippen molar-refractivity contribution in [3.63, 3.8) is 0 Å². The molecule has 0 bridgehead atoms. The highest BCUT2D eigenvalue weighted by atomic mass is 32.2. The van der Waals surface area contributed by atoms with Gasteiger partial charge in [0.1, 0.15) is 12.1 Å². The molecule has 0 aliphatic rings. The summed E-state index contributed by atoms with van der Waals surface area (Å²) in [4.78, 5) is 31.6. The molecule has 0 aliphatic heterocycles. The van der Waals surface area contributed by atoms with Crippen LogP contribution in [0.15, 0.2) is 0 Å². The Kier molecular flexibility index (Phi) is 16.1. The van der Waals surface area contributed by atoms with Crippen molar-refractivity contribution in [1.29, 1.82) is 0 Å². The first-order valence-electron chi connectivity index (χ1n) is 6.96. The van der Waals surface area contributed by atoms with Gasteiger partial charge in [-0.15, -0.1) is 11.8 Å². The molecule has 0 aromatic heterocycles. The number of thioether (sulfide) groups is 1. The molecule has 7 N–H and O–H groups in total. The zero-order chi connectivity index (χ0) is 18.3. The van der Waals surface area contributed by atoms with Gasteiger partial charge in [-0.3, -0.25) is 14.4 Å². The minimum atomic E-state index is -0.933. The lowest BCUT2D eigenvalue weighted by atomic mass is 10.1. The molecule has 9 nitrogen and oxygen atoms in total. The van der Waals surface area contributed by atoms with Gasteiger partial charge in [0.15, 0.2) is 0 Å². The largest absolute Gasteiger partial charge is 0.480 e. The zero-order valence-corrected chi connectivity index (χ0v) is 14.3. The van der Waals surface area contributed by atoms with E-state index in [4.69, 9.17) is 22.3 Å². The van der Waals surface area contributed by atoms with E-state index in [2.05, 4.69) is 9.47 Å². The maximum atomic E-state index is 10.8. The summed E-state index contributed by atoms with van der Waals surface area (Å²) >= 11 is 1.24. The number of carboxylic acids is 1. The summed E-state index contributed by atoms with van der Waals surface area (Å²) in [5, 5.41) is 8.33. The highest BCUT2D eigenvalue weighted by molar-refractivity contribution is 8.00. The smallest absolute Gasteiger partial charge is 0.323 e. The van der Waals surface area contributed by atoms with Crippen molar-refractivity contribution in [2.24, 2.45) is 17.2 Å². The number of unbranched alkanes of at least 4 members (excludes halogenated alkanes) is 1. The van der Waals surface area contributed by atoms with E-state index in [1.165, 1.54) is 26.0 Å². The third kappa shape index (κ3) is 15.3. The lowest BCUT2D eigenvalue weighted by molar-refractivity contribution is -0.141. The van der Waals surface area contributed by atoms with E-state index in [0.29, 0.717) is 18.7 Å². The molecule has 23 heavy (non-hydrogen) atoms. The first kappa shape index (κ1) is 23.9. The monoisotopic (exact) mass is 353 g/mol. The number of rotatable bonds is 10. The fourth-order valence-corrected chi connectivity index (χ4v) is 1.97. The molecule has 0 saturated heterocycles. The average Bonchev–Trinajstić information content (AvgIpc) is 2.54. The molecule has 0 aliphatic carbocycles. The van der Waals surface area contributed by atoms with Crippen LogP contribution in [0.3, 0.4) is 0 Å². The number of ether oxygens (including phenoxy) is 2. The molecular formula is C13H27N3O6S. The molecule has 0 fully saturated rings. The van der Waals surface area contributed by atoms with E-state index >= 15 is 0 Å². The summed E-state index contributed by atoms with van der Waals surface area (Å²) in [6.07, 6.45) is 2.16. The van der Waals surface area contributed by atoms with Crippen molar-refractivity contribution < 1.29 is 29.0 Å². The van der Waals surface area contributed by atoms with Gasteiger partial charge in [0.2, 0.25) is 0 Å². The fraction of sp³-hybridized carbons (Fsp3) is 0.769. The third-order valence-electron chi connectivity index (χ3n) is 2.54. The second kappa shape index (κ2) is 15.5. The number of carbonyl (C=O) groups is 3. The number of hydrogen-bond donors (Lipinski definition) is 4. The molecule has 0 radical (unpaired) electrons. The van der Waals surface area contributed by atoms with Crippen LogP contribution in [-0.4, -0.2) is 67.4 Å². The summed E-state index contributed by atoms with van der Waals surface area (Å²) in [6, 6.07) is -1.40. The van der Waals surface area contributed by atoms with Crippen LogP contribution in [0, 0.1) is 0 Å². The first-order chi connectivity index (χ1) is 10.8. The van der Waals surface area contributed by atoms with Gasteiger partial charge in [-0.2, -0.15) is 0 Å². The van der Waals surface area contributed by atoms with Gasteiger partial charge in [-0.05, 0) is 19.4 Å². The molecule has 0 rings (SSSR count). The molecule has 136 valence electrons. The van der Waals surface area contributed by atoms with Crippen LogP contribution in [-0.2, 0) is 23.9 Å². The summed E-state index contributed by atoms with van der Waals surface area (Å²) in [5.41, 5.74) is 15.8. The van der Waals surface area contributed by atoms with Crippen molar-refractivity contribution in [2.45, 2.75) is 31.3 Å². The second-order valence-electron chi connectivity index (χ2n) is 4.45. The zero-order valence-electron chi connectivity index (χ0n) is 13.5. The Bertz CT molecular complexity index is 357. The minimum Gasteiger partial charge on any atom is -0.480 e. The molecule has 0 heterocycles. The van der Waals surface area contributed by atoms with Crippen molar-refractivity contribution >= 4 is 29.7 Å². The highest BCUT2D eigenvalue weighted by Crippen LogP contribution is 2.03. The molecule has 0 amide bonds. The molecular weight excluding hydrogens is 326 g/mol. The van der Waals surface area contributed by atoms with E-state index < -0.39 is 24.0 Å². The Balaban J connectivity index is 0. The van der Waals surface area contributed by atoms with E-state index in [1.54, 1.807) is 0 Å². The molecule has 0 saturated carbocycles. The fourth-order valence-electron chi connectivity index (χ4n) is 1.18. The van der Waals surface area contributed by atoms with Gasteiger partial charge >= 0.3 is 17.9 Å². The van der Waals surface area contributed by atoms with Gasteiger partial charge < -0.3 is 31.8 Å². The van der Waals surface area contributed by atoms with Gasteiger partial charge in [0, 0.05) is 5.75 Å².